The second-order valence-electron chi connectivity index (χ2n) is 5.40. The maximum absolute atomic E-state index is 13.2. The van der Waals surface area contributed by atoms with E-state index in [-0.39, 0.29) is 22.2 Å². The molecule has 8 heteroatoms. The lowest BCUT2D eigenvalue weighted by atomic mass is 10.2. The molecule has 3 rings (SSSR count). The summed E-state index contributed by atoms with van der Waals surface area (Å²) in [5, 5.41) is 9.13. The number of aromatic nitrogens is 2. The first kappa shape index (κ1) is 16.7. The van der Waals surface area contributed by atoms with Gasteiger partial charge in [0.2, 0.25) is 11.0 Å². The van der Waals surface area contributed by atoms with Crippen LogP contribution in [0.4, 0.5) is 9.52 Å². The zero-order valence-corrected chi connectivity index (χ0v) is 15.0. The molecule has 1 atom stereocenters. The molecule has 0 spiro atoms. The summed E-state index contributed by atoms with van der Waals surface area (Å²) in [6.07, 6.45) is 2.04. The molecule has 1 aliphatic carbocycles. The van der Waals surface area contributed by atoms with Gasteiger partial charge in [-0.1, -0.05) is 40.8 Å². The van der Waals surface area contributed by atoms with E-state index in [1.54, 1.807) is 24.0 Å². The third-order valence-corrected chi connectivity index (χ3v) is 6.00. The Kier molecular flexibility index (Phi) is 4.89. The molecule has 1 aliphatic rings. The number of carbonyl (C=O) groups excluding carboxylic acids is 1. The van der Waals surface area contributed by atoms with Crippen molar-refractivity contribution >= 4 is 45.7 Å². The van der Waals surface area contributed by atoms with E-state index in [2.05, 4.69) is 10.2 Å². The molecule has 2 aromatic rings. The molecule has 1 heterocycles. The molecule has 1 amide bonds. The molecule has 4 nitrogen and oxygen atoms in total. The zero-order chi connectivity index (χ0) is 16.6. The molecule has 23 heavy (non-hydrogen) atoms. The fourth-order valence-electron chi connectivity index (χ4n) is 2.21. The summed E-state index contributed by atoms with van der Waals surface area (Å²) in [5.41, 5.74) is 0.920. The number of rotatable bonds is 5. The highest BCUT2D eigenvalue weighted by molar-refractivity contribution is 8.01. The normalized spacial score (nSPS) is 15.5. The molecule has 0 saturated heterocycles. The van der Waals surface area contributed by atoms with E-state index >= 15 is 0 Å². The Morgan fingerprint density at radius 1 is 1.48 bits per heavy atom. The Labute approximate surface area is 147 Å². The van der Waals surface area contributed by atoms with Gasteiger partial charge < -0.3 is 0 Å². The van der Waals surface area contributed by atoms with Gasteiger partial charge in [0.15, 0.2) is 4.34 Å². The molecule has 0 radical (unpaired) electrons. The summed E-state index contributed by atoms with van der Waals surface area (Å²) in [6.45, 7) is 3.55. The third kappa shape index (κ3) is 3.84. The Hall–Kier alpha value is -1.18. The topological polar surface area (TPSA) is 46.1 Å². The van der Waals surface area contributed by atoms with Crippen LogP contribution in [0, 0.1) is 5.82 Å². The van der Waals surface area contributed by atoms with Crippen LogP contribution in [0.1, 0.15) is 37.5 Å². The predicted molar refractivity (Wildman–Crippen MR) is 91.8 cm³/mol. The molecular formula is C15H15ClFN3OS2. The third-order valence-electron chi connectivity index (χ3n) is 3.54. The van der Waals surface area contributed by atoms with Gasteiger partial charge in [-0.3, -0.25) is 9.69 Å². The maximum atomic E-state index is 13.2. The molecule has 1 fully saturated rings. The summed E-state index contributed by atoms with van der Waals surface area (Å²) in [5.74, 6) is -0.425. The van der Waals surface area contributed by atoms with Crippen LogP contribution in [0.5, 0.6) is 0 Å². The number of thioether (sulfide) groups is 1. The van der Waals surface area contributed by atoms with Gasteiger partial charge in [-0.25, -0.2) is 4.39 Å². The average Bonchev–Trinajstić information content (AvgIpc) is 3.21. The second kappa shape index (κ2) is 6.75. The maximum Gasteiger partial charge on any atom is 0.225 e. The largest absolute Gasteiger partial charge is 0.284 e. The Balaban J connectivity index is 1.73. The van der Waals surface area contributed by atoms with E-state index in [1.165, 1.54) is 29.2 Å². The Morgan fingerprint density at radius 3 is 2.83 bits per heavy atom. The van der Waals surface area contributed by atoms with Crippen LogP contribution < -0.4 is 4.90 Å². The van der Waals surface area contributed by atoms with Gasteiger partial charge in [-0.15, -0.1) is 10.2 Å². The highest BCUT2D eigenvalue weighted by Gasteiger charge is 2.34. The quantitative estimate of drug-likeness (QED) is 0.564. The van der Waals surface area contributed by atoms with Crippen molar-refractivity contribution in [3.63, 3.8) is 0 Å². The molecular weight excluding hydrogens is 357 g/mol. The summed E-state index contributed by atoms with van der Waals surface area (Å²) in [4.78, 5) is 13.5. The van der Waals surface area contributed by atoms with E-state index in [0.29, 0.717) is 5.13 Å². The minimum absolute atomic E-state index is 0.00133. The zero-order valence-electron chi connectivity index (χ0n) is 12.6. The molecule has 0 bridgehead atoms. The summed E-state index contributed by atoms with van der Waals surface area (Å²) >= 11 is 8.76. The van der Waals surface area contributed by atoms with Crippen LogP contribution in [0.15, 0.2) is 22.5 Å². The van der Waals surface area contributed by atoms with E-state index in [1.807, 2.05) is 6.92 Å². The Morgan fingerprint density at radius 2 is 2.22 bits per heavy atom. The van der Waals surface area contributed by atoms with Gasteiger partial charge in [0.05, 0.1) is 5.02 Å². The fraction of sp³-hybridized carbons (Fsp3) is 0.400. The van der Waals surface area contributed by atoms with Crippen LogP contribution in [0.25, 0.3) is 0 Å². The van der Waals surface area contributed by atoms with Crippen LogP contribution in [-0.2, 0) is 4.79 Å². The van der Waals surface area contributed by atoms with Crippen molar-refractivity contribution in [1.82, 2.24) is 10.2 Å². The van der Waals surface area contributed by atoms with Crippen molar-refractivity contribution in [3.8, 4) is 0 Å². The van der Waals surface area contributed by atoms with Crippen LogP contribution in [0.2, 0.25) is 5.02 Å². The van der Waals surface area contributed by atoms with E-state index in [9.17, 15) is 9.18 Å². The van der Waals surface area contributed by atoms with Crippen LogP contribution >= 0.6 is 34.7 Å². The minimum atomic E-state index is -0.424. The fourth-order valence-corrected chi connectivity index (χ4v) is 4.62. The van der Waals surface area contributed by atoms with Gasteiger partial charge in [0, 0.05) is 18.2 Å². The van der Waals surface area contributed by atoms with Crippen molar-refractivity contribution in [2.75, 3.05) is 4.90 Å². The minimum Gasteiger partial charge on any atom is -0.284 e. The first-order valence-corrected chi connectivity index (χ1v) is 9.28. The van der Waals surface area contributed by atoms with Gasteiger partial charge >= 0.3 is 0 Å². The van der Waals surface area contributed by atoms with Crippen molar-refractivity contribution < 1.29 is 9.18 Å². The Bertz CT molecular complexity index is 735. The first-order chi connectivity index (χ1) is 11.0. The summed E-state index contributed by atoms with van der Waals surface area (Å²) in [7, 11) is 0. The lowest BCUT2D eigenvalue weighted by Crippen LogP contribution is -2.30. The lowest BCUT2D eigenvalue weighted by molar-refractivity contribution is -0.116. The monoisotopic (exact) mass is 371 g/mol. The van der Waals surface area contributed by atoms with Crippen molar-refractivity contribution in [2.45, 2.75) is 42.3 Å². The van der Waals surface area contributed by atoms with Crippen LogP contribution in [-0.4, -0.2) is 22.1 Å². The number of benzene rings is 1. The van der Waals surface area contributed by atoms with Gasteiger partial charge in [0.25, 0.3) is 0 Å². The van der Waals surface area contributed by atoms with E-state index in [4.69, 9.17) is 11.6 Å². The highest BCUT2D eigenvalue weighted by atomic mass is 35.5. The van der Waals surface area contributed by atoms with Gasteiger partial charge in [0.1, 0.15) is 5.82 Å². The molecule has 1 aromatic carbocycles. The van der Waals surface area contributed by atoms with Gasteiger partial charge in [-0.05, 0) is 37.5 Å². The summed E-state index contributed by atoms with van der Waals surface area (Å²) < 4.78 is 14.0. The molecule has 1 unspecified atom stereocenters. The van der Waals surface area contributed by atoms with E-state index < -0.39 is 5.82 Å². The first-order valence-electron chi connectivity index (χ1n) is 7.20. The van der Waals surface area contributed by atoms with Crippen molar-refractivity contribution in [1.29, 1.82) is 0 Å². The predicted octanol–water partition coefficient (Wildman–Crippen LogP) is 4.70. The number of amides is 1. The molecule has 1 saturated carbocycles. The average molecular weight is 372 g/mol. The molecule has 1 aromatic heterocycles. The van der Waals surface area contributed by atoms with Crippen molar-refractivity contribution in [3.05, 3.63) is 34.6 Å². The SMILES string of the molecule is CC(=O)N(c1nnc(SC(C)c2ccc(F)c(Cl)c2)s1)C1CC1. The lowest BCUT2D eigenvalue weighted by Gasteiger charge is -2.15. The van der Waals surface area contributed by atoms with Gasteiger partial charge in [-0.2, -0.15) is 0 Å². The number of hydrogen-bond acceptors (Lipinski definition) is 5. The number of anilines is 1. The summed E-state index contributed by atoms with van der Waals surface area (Å²) in [6, 6.07) is 4.98. The molecule has 0 N–H and O–H groups in total. The number of hydrogen-bond donors (Lipinski definition) is 0. The van der Waals surface area contributed by atoms with Crippen LogP contribution in [0.3, 0.4) is 0 Å². The number of nitrogens with zero attached hydrogens (tertiary/aromatic N) is 3. The highest BCUT2D eigenvalue weighted by Crippen LogP contribution is 2.40. The second-order valence-corrected chi connectivity index (χ2v) is 8.36. The standard InChI is InChI=1S/C15H15ClFN3OS2/c1-8(10-3-6-13(17)12(16)7-10)22-15-19-18-14(23-15)20(9(2)21)11-4-5-11/h3,6-8,11H,4-5H2,1-2H3. The van der Waals surface area contributed by atoms with Crippen molar-refractivity contribution in [2.24, 2.45) is 0 Å². The number of halogens is 2. The smallest absolute Gasteiger partial charge is 0.225 e. The van der Waals surface area contributed by atoms with E-state index in [0.717, 1.165) is 22.7 Å². The molecule has 122 valence electrons. The number of carbonyl (C=O) groups is 1. The molecule has 0 aliphatic heterocycles.